The predicted octanol–water partition coefficient (Wildman–Crippen LogP) is 4.96. The third-order valence-electron chi connectivity index (χ3n) is 5.08. The lowest BCUT2D eigenvalue weighted by Gasteiger charge is -2.21. The Morgan fingerprint density at radius 3 is 2.56 bits per heavy atom. The minimum atomic E-state index is -3.84. The maximum absolute atomic E-state index is 14.2. The molecule has 1 fully saturated rings. The number of anilines is 4. The van der Waals surface area contributed by atoms with E-state index in [0.29, 0.717) is 36.7 Å². The molecule has 7 nitrogen and oxygen atoms in total. The van der Waals surface area contributed by atoms with Crippen LogP contribution in [0.5, 0.6) is 5.75 Å². The summed E-state index contributed by atoms with van der Waals surface area (Å²) in [5.41, 5.74) is -2.75. The highest BCUT2D eigenvalue weighted by molar-refractivity contribution is 6.20. The van der Waals surface area contributed by atoms with Gasteiger partial charge in [-0.3, -0.25) is 4.79 Å². The van der Waals surface area contributed by atoms with Crippen LogP contribution in [0.3, 0.4) is 0 Å². The van der Waals surface area contributed by atoms with Crippen molar-refractivity contribution in [3.05, 3.63) is 72.2 Å². The monoisotopic (exact) mass is 492 g/mol. The molecule has 2 aromatic carbocycles. The van der Waals surface area contributed by atoms with Crippen molar-refractivity contribution in [1.29, 1.82) is 0 Å². The number of halogens is 4. The number of ether oxygens (including phenoxy) is 1. The van der Waals surface area contributed by atoms with Crippen molar-refractivity contribution >= 4 is 40.4 Å². The molecule has 0 spiro atoms. The predicted molar refractivity (Wildman–Crippen MR) is 123 cm³/mol. The molecule has 3 aromatic rings. The van der Waals surface area contributed by atoms with E-state index in [0.717, 1.165) is 0 Å². The van der Waals surface area contributed by atoms with Crippen LogP contribution in [0.2, 0.25) is 0 Å². The number of alkyl halides is 3. The van der Waals surface area contributed by atoms with Crippen molar-refractivity contribution in [1.82, 2.24) is 4.98 Å². The highest BCUT2D eigenvalue weighted by Gasteiger charge is 2.27. The van der Waals surface area contributed by atoms with Gasteiger partial charge in [0, 0.05) is 36.6 Å². The van der Waals surface area contributed by atoms with Crippen molar-refractivity contribution in [2.75, 3.05) is 28.6 Å². The first-order valence-electron chi connectivity index (χ1n) is 10.3. The molecule has 1 aliphatic rings. The Labute approximate surface area is 198 Å². The molecule has 34 heavy (non-hydrogen) atoms. The van der Waals surface area contributed by atoms with Gasteiger partial charge in [0.1, 0.15) is 11.6 Å². The molecule has 1 atom stereocenters. The number of amides is 1. The van der Waals surface area contributed by atoms with E-state index in [-0.39, 0.29) is 17.0 Å². The van der Waals surface area contributed by atoms with E-state index in [1.54, 1.807) is 18.2 Å². The molecule has 1 aliphatic heterocycles. The third-order valence-corrected chi connectivity index (χ3v) is 5.16. The number of hydrogen-bond acceptors (Lipinski definition) is 6. The Kier molecular flexibility index (Phi) is 6.80. The first-order chi connectivity index (χ1) is 16.2. The van der Waals surface area contributed by atoms with Gasteiger partial charge >= 0.3 is 5.57 Å². The van der Waals surface area contributed by atoms with Gasteiger partial charge in [0.25, 0.3) is 5.91 Å². The van der Waals surface area contributed by atoms with Crippen LogP contribution in [0.25, 0.3) is 0 Å². The van der Waals surface area contributed by atoms with Crippen LogP contribution in [0.1, 0.15) is 16.8 Å². The topological polar surface area (TPSA) is 86.7 Å². The van der Waals surface area contributed by atoms with Crippen LogP contribution in [0.4, 0.5) is 36.1 Å². The summed E-state index contributed by atoms with van der Waals surface area (Å²) < 4.78 is 44.0. The molecule has 1 aromatic heterocycles. The molecule has 178 valence electrons. The summed E-state index contributed by atoms with van der Waals surface area (Å²) in [6.07, 6.45) is 1.43. The number of carbonyl (C=O) groups excluding carboxylic acids is 1. The lowest BCUT2D eigenvalue weighted by molar-refractivity contribution is -0.0964. The van der Waals surface area contributed by atoms with E-state index in [4.69, 9.17) is 11.6 Å². The summed E-state index contributed by atoms with van der Waals surface area (Å²) in [5.74, 6) is -0.698. The van der Waals surface area contributed by atoms with Crippen LogP contribution >= 0.6 is 11.6 Å². The molecule has 4 rings (SSSR count). The Balaban J connectivity index is 1.56. The van der Waals surface area contributed by atoms with Crippen LogP contribution < -0.4 is 20.3 Å². The lowest BCUT2D eigenvalue weighted by Crippen LogP contribution is -2.24. The van der Waals surface area contributed by atoms with Crippen molar-refractivity contribution in [2.24, 2.45) is 0 Å². The molecular formula is C23H20ClF3N4O3. The van der Waals surface area contributed by atoms with Crippen molar-refractivity contribution in [3.63, 3.8) is 0 Å². The van der Waals surface area contributed by atoms with Crippen molar-refractivity contribution < 1.29 is 27.8 Å². The molecule has 1 saturated heterocycles. The quantitative estimate of drug-likeness (QED) is 0.404. The first kappa shape index (κ1) is 23.7. The Morgan fingerprint density at radius 2 is 1.91 bits per heavy atom. The molecule has 0 bridgehead atoms. The molecule has 11 heteroatoms. The Hall–Kier alpha value is -3.50. The maximum atomic E-state index is 14.2. The number of carbonyl (C=O) groups is 1. The number of nitrogens with one attached hydrogen (secondary N) is 2. The fourth-order valence-electron chi connectivity index (χ4n) is 3.51. The molecule has 3 N–H and O–H groups in total. The number of nitrogens with zero attached hydrogens (tertiary/aromatic N) is 2. The van der Waals surface area contributed by atoms with Crippen molar-refractivity contribution in [3.8, 4) is 5.75 Å². The van der Waals surface area contributed by atoms with Gasteiger partial charge in [0.05, 0.1) is 23.0 Å². The number of rotatable bonds is 7. The van der Waals surface area contributed by atoms with Gasteiger partial charge in [-0.15, -0.1) is 8.78 Å². The molecule has 0 unspecified atom stereocenters. The van der Waals surface area contributed by atoms with E-state index in [1.807, 2.05) is 4.90 Å². The van der Waals surface area contributed by atoms with E-state index in [1.165, 1.54) is 42.6 Å². The minimum Gasteiger partial charge on any atom is -0.420 e. The zero-order chi connectivity index (χ0) is 24.3. The number of benzene rings is 2. The van der Waals surface area contributed by atoms with Crippen LogP contribution in [0.15, 0.2) is 60.8 Å². The van der Waals surface area contributed by atoms with E-state index in [9.17, 15) is 23.1 Å². The van der Waals surface area contributed by atoms with Gasteiger partial charge in [-0.2, -0.15) is 0 Å². The summed E-state index contributed by atoms with van der Waals surface area (Å²) in [7, 11) is 0. The second-order valence-corrected chi connectivity index (χ2v) is 8.05. The largest absolute Gasteiger partial charge is 0.487 e. The summed E-state index contributed by atoms with van der Waals surface area (Å²) in [5, 5.41) is 15.5. The molecule has 0 radical (unpaired) electrons. The zero-order valence-corrected chi connectivity index (χ0v) is 18.4. The molecule has 2 heterocycles. The number of aliphatic hydroxyl groups excluding tert-OH is 1. The fourth-order valence-corrected chi connectivity index (χ4v) is 3.60. The van der Waals surface area contributed by atoms with Crippen LogP contribution in [-0.4, -0.2) is 40.8 Å². The second-order valence-electron chi connectivity index (χ2n) is 7.61. The second kappa shape index (κ2) is 9.78. The third kappa shape index (κ3) is 5.89. The van der Waals surface area contributed by atoms with Gasteiger partial charge < -0.3 is 25.4 Å². The normalized spacial score (nSPS) is 15.8. The van der Waals surface area contributed by atoms with Gasteiger partial charge in [-0.05, 0) is 48.9 Å². The minimum absolute atomic E-state index is 0.173. The zero-order valence-electron chi connectivity index (χ0n) is 17.6. The maximum Gasteiger partial charge on any atom is 0.487 e. The number of aromatic nitrogens is 1. The van der Waals surface area contributed by atoms with E-state index < -0.39 is 23.4 Å². The van der Waals surface area contributed by atoms with Gasteiger partial charge in [0.2, 0.25) is 0 Å². The van der Waals surface area contributed by atoms with Crippen molar-refractivity contribution in [2.45, 2.75) is 18.1 Å². The number of β-amino-alcohol motifs (C(OH)–C–C–N with tert-alkyl or cyclic N) is 1. The molecular weight excluding hydrogens is 473 g/mol. The SMILES string of the molecule is O=C(Nc1ccc(OC(F)(F)Cl)cc1)c1cnc(N2CC[C@@H](O)C2)c(Nc2ccccc2F)c1. The summed E-state index contributed by atoms with van der Waals surface area (Å²) in [4.78, 5) is 19.0. The molecule has 0 aliphatic carbocycles. The van der Waals surface area contributed by atoms with Gasteiger partial charge in [-0.1, -0.05) is 12.1 Å². The van der Waals surface area contributed by atoms with E-state index >= 15 is 0 Å². The number of hydrogen-bond donors (Lipinski definition) is 3. The van der Waals surface area contributed by atoms with Crippen LogP contribution in [-0.2, 0) is 0 Å². The lowest BCUT2D eigenvalue weighted by atomic mass is 10.2. The smallest absolute Gasteiger partial charge is 0.420 e. The summed E-state index contributed by atoms with van der Waals surface area (Å²) in [6, 6.07) is 12.8. The Bertz CT molecular complexity index is 1170. The molecule has 1 amide bonds. The van der Waals surface area contributed by atoms with E-state index in [2.05, 4.69) is 20.4 Å². The fraction of sp³-hybridized carbons (Fsp3) is 0.217. The summed E-state index contributed by atoms with van der Waals surface area (Å²) in [6.45, 7) is 0.918. The van der Waals surface area contributed by atoms with Gasteiger partial charge in [0.15, 0.2) is 5.82 Å². The first-order valence-corrected chi connectivity index (χ1v) is 10.7. The molecule has 0 saturated carbocycles. The van der Waals surface area contributed by atoms with Crippen LogP contribution in [0, 0.1) is 5.82 Å². The standard InChI is InChI=1S/C23H20ClF3N4O3/c24-23(26,27)34-17-7-5-15(6-8-17)29-22(33)14-11-20(30-19-4-2-1-3-18(19)25)21(28-12-14)31-10-9-16(32)13-31/h1-8,11-12,16,30,32H,9-10,13H2,(H,29,33)/t16-/m1/s1. The number of para-hydroxylation sites is 1. The average Bonchev–Trinajstić information content (AvgIpc) is 3.21. The number of pyridine rings is 1. The highest BCUT2D eigenvalue weighted by atomic mass is 35.5. The average molecular weight is 493 g/mol. The number of aliphatic hydroxyl groups is 1. The highest BCUT2D eigenvalue weighted by Crippen LogP contribution is 2.31. The van der Waals surface area contributed by atoms with Gasteiger partial charge in [-0.25, -0.2) is 9.37 Å². The summed E-state index contributed by atoms with van der Waals surface area (Å²) >= 11 is 4.74. The Morgan fingerprint density at radius 1 is 1.18 bits per heavy atom.